The first kappa shape index (κ1) is 12.5. The third kappa shape index (κ3) is 3.03. The average molecular weight is 254 g/mol. The molecular formula is C12H15O4P. The highest BCUT2D eigenvalue weighted by Gasteiger charge is 2.44. The van der Waals surface area contributed by atoms with Gasteiger partial charge in [-0.25, -0.2) is 0 Å². The van der Waals surface area contributed by atoms with Crippen LogP contribution in [0, 0.1) is 11.8 Å². The lowest BCUT2D eigenvalue weighted by molar-refractivity contribution is -0.111. The number of benzene rings is 1. The molecule has 1 N–H and O–H groups in total. The van der Waals surface area contributed by atoms with E-state index < -0.39 is 8.60 Å². The van der Waals surface area contributed by atoms with Crippen molar-refractivity contribution < 1.29 is 18.7 Å². The topological polar surface area (TPSA) is 55.8 Å². The number of ketones is 1. The zero-order valence-corrected chi connectivity index (χ0v) is 10.7. The zero-order valence-electron chi connectivity index (χ0n) is 9.79. The second-order valence-corrected chi connectivity index (χ2v) is 5.18. The molecule has 92 valence electrons. The lowest BCUT2D eigenvalue weighted by Gasteiger charge is -2.09. The second-order valence-electron chi connectivity index (χ2n) is 4.16. The molecule has 1 aromatic rings. The van der Waals surface area contributed by atoms with Gasteiger partial charge in [-0.3, -0.25) is 4.79 Å². The lowest BCUT2D eigenvalue weighted by Crippen LogP contribution is -1.92. The van der Waals surface area contributed by atoms with Crippen LogP contribution >= 0.6 is 8.60 Å². The summed E-state index contributed by atoms with van der Waals surface area (Å²) in [5.41, 5.74) is 1.11. The first-order valence-electron chi connectivity index (χ1n) is 5.45. The average Bonchev–Trinajstić information content (AvgIpc) is 2.89. The standard InChI is InChI=1S/C12H15O4P/c1-8-11(12(8)13)7-9-3-5-10(6-4-9)16-17(14)15-2/h3-6,8,11,14H,7H2,1-2H3. The van der Waals surface area contributed by atoms with Gasteiger partial charge in [-0.2, -0.15) is 0 Å². The summed E-state index contributed by atoms with van der Waals surface area (Å²) in [6.07, 6.45) is 0.790. The Hall–Kier alpha value is -0.960. The molecule has 0 aromatic heterocycles. The van der Waals surface area contributed by atoms with Crippen molar-refractivity contribution in [3.8, 4) is 5.75 Å². The Bertz CT molecular complexity index is 403. The number of hydrogen-bond donors (Lipinski definition) is 1. The van der Waals surface area contributed by atoms with E-state index in [-0.39, 0.29) is 11.8 Å². The highest BCUT2D eigenvalue weighted by Crippen LogP contribution is 2.37. The summed E-state index contributed by atoms with van der Waals surface area (Å²) in [5.74, 6) is 1.32. The number of rotatable bonds is 5. The van der Waals surface area contributed by atoms with Gasteiger partial charge in [0.15, 0.2) is 0 Å². The lowest BCUT2D eigenvalue weighted by atomic mass is 10.1. The maximum Gasteiger partial charge on any atom is 0.394 e. The number of carbonyl (C=O) groups is 1. The van der Waals surface area contributed by atoms with Gasteiger partial charge in [-0.1, -0.05) is 19.1 Å². The molecular weight excluding hydrogens is 239 g/mol. The fourth-order valence-corrected chi connectivity index (χ4v) is 2.15. The predicted octanol–water partition coefficient (Wildman–Crippen LogP) is 2.31. The van der Waals surface area contributed by atoms with Crippen molar-refractivity contribution in [2.45, 2.75) is 13.3 Å². The first-order valence-corrected chi connectivity index (χ1v) is 6.58. The molecule has 1 saturated carbocycles. The molecule has 0 amide bonds. The van der Waals surface area contributed by atoms with Gasteiger partial charge < -0.3 is 13.9 Å². The van der Waals surface area contributed by atoms with Crippen molar-refractivity contribution >= 4 is 14.4 Å². The fourth-order valence-electron chi connectivity index (χ4n) is 1.78. The van der Waals surface area contributed by atoms with Crippen LogP contribution in [0.1, 0.15) is 12.5 Å². The Labute approximate surface area is 102 Å². The highest BCUT2D eigenvalue weighted by atomic mass is 31.2. The summed E-state index contributed by atoms with van der Waals surface area (Å²) < 4.78 is 9.75. The van der Waals surface area contributed by atoms with Crippen LogP contribution in [0.2, 0.25) is 0 Å². The van der Waals surface area contributed by atoms with Crippen molar-refractivity contribution in [1.82, 2.24) is 0 Å². The summed E-state index contributed by atoms with van der Waals surface area (Å²) in [6, 6.07) is 7.37. The molecule has 3 unspecified atom stereocenters. The van der Waals surface area contributed by atoms with Crippen molar-refractivity contribution in [3.05, 3.63) is 29.8 Å². The van der Waals surface area contributed by atoms with E-state index in [0.717, 1.165) is 12.0 Å². The molecule has 1 aromatic carbocycles. The summed E-state index contributed by atoms with van der Waals surface area (Å²) in [5, 5.41) is 0. The van der Waals surface area contributed by atoms with Crippen molar-refractivity contribution in [2.24, 2.45) is 11.8 Å². The third-order valence-corrected chi connectivity index (χ3v) is 3.71. The zero-order chi connectivity index (χ0) is 12.4. The van der Waals surface area contributed by atoms with E-state index in [1.165, 1.54) is 7.11 Å². The molecule has 1 aliphatic rings. The highest BCUT2D eigenvalue weighted by molar-refractivity contribution is 7.41. The van der Waals surface area contributed by atoms with Crippen LogP contribution in [0.25, 0.3) is 0 Å². The molecule has 2 rings (SSSR count). The summed E-state index contributed by atoms with van der Waals surface area (Å²) >= 11 is 0. The van der Waals surface area contributed by atoms with Gasteiger partial charge in [-0.15, -0.1) is 0 Å². The SMILES string of the molecule is COP(O)Oc1ccc(CC2C(=O)C2C)cc1. The summed E-state index contributed by atoms with van der Waals surface area (Å²) in [7, 11) is -0.448. The normalized spacial score (nSPS) is 24.5. The molecule has 0 radical (unpaired) electrons. The van der Waals surface area contributed by atoms with E-state index in [1.807, 2.05) is 19.1 Å². The van der Waals surface area contributed by atoms with Crippen LogP contribution < -0.4 is 4.52 Å². The largest absolute Gasteiger partial charge is 0.427 e. The molecule has 5 heteroatoms. The minimum absolute atomic E-state index is 0.190. The van der Waals surface area contributed by atoms with Crippen LogP contribution in [-0.4, -0.2) is 17.8 Å². The monoisotopic (exact) mass is 254 g/mol. The minimum atomic E-state index is -1.84. The molecule has 3 atom stereocenters. The minimum Gasteiger partial charge on any atom is -0.427 e. The van der Waals surface area contributed by atoms with E-state index in [4.69, 9.17) is 4.52 Å². The van der Waals surface area contributed by atoms with Crippen molar-refractivity contribution in [2.75, 3.05) is 7.11 Å². The van der Waals surface area contributed by atoms with E-state index in [0.29, 0.717) is 11.5 Å². The van der Waals surface area contributed by atoms with Gasteiger partial charge in [0.2, 0.25) is 0 Å². The molecule has 0 aliphatic heterocycles. The number of Topliss-reactive ketones (excluding diaryl/α,β-unsaturated/α-hetero) is 1. The van der Waals surface area contributed by atoms with Gasteiger partial charge in [0.05, 0.1) is 0 Å². The van der Waals surface area contributed by atoms with E-state index in [1.54, 1.807) is 12.1 Å². The van der Waals surface area contributed by atoms with Crippen molar-refractivity contribution in [1.29, 1.82) is 0 Å². The summed E-state index contributed by atoms with van der Waals surface area (Å²) in [6.45, 7) is 1.96. The van der Waals surface area contributed by atoms with Gasteiger partial charge in [0.25, 0.3) is 0 Å². The molecule has 0 spiro atoms. The second kappa shape index (κ2) is 5.13. The molecule has 0 bridgehead atoms. The van der Waals surface area contributed by atoms with Crippen LogP contribution in [0.4, 0.5) is 0 Å². The van der Waals surface area contributed by atoms with Crippen LogP contribution in [-0.2, 0) is 15.7 Å². The van der Waals surface area contributed by atoms with E-state index >= 15 is 0 Å². The Kier molecular flexibility index (Phi) is 3.77. The molecule has 1 fully saturated rings. The summed E-state index contributed by atoms with van der Waals surface area (Å²) in [4.78, 5) is 20.4. The van der Waals surface area contributed by atoms with Gasteiger partial charge in [0, 0.05) is 18.9 Å². The Morgan fingerprint density at radius 2 is 1.94 bits per heavy atom. The number of hydrogen-bond acceptors (Lipinski definition) is 4. The van der Waals surface area contributed by atoms with Crippen molar-refractivity contribution in [3.63, 3.8) is 0 Å². The van der Waals surface area contributed by atoms with Crippen LogP contribution in [0.3, 0.4) is 0 Å². The van der Waals surface area contributed by atoms with E-state index in [9.17, 15) is 9.69 Å². The Morgan fingerprint density at radius 1 is 1.35 bits per heavy atom. The molecule has 4 nitrogen and oxygen atoms in total. The molecule has 1 aliphatic carbocycles. The maximum atomic E-state index is 11.2. The quantitative estimate of drug-likeness (QED) is 0.819. The molecule has 0 heterocycles. The smallest absolute Gasteiger partial charge is 0.394 e. The third-order valence-electron chi connectivity index (χ3n) is 3.03. The van der Waals surface area contributed by atoms with Crippen LogP contribution in [0.15, 0.2) is 24.3 Å². The van der Waals surface area contributed by atoms with E-state index in [2.05, 4.69) is 4.52 Å². The van der Waals surface area contributed by atoms with Gasteiger partial charge in [0.1, 0.15) is 11.5 Å². The number of carbonyl (C=O) groups excluding carboxylic acids is 1. The van der Waals surface area contributed by atoms with Crippen LogP contribution in [0.5, 0.6) is 5.75 Å². The van der Waals surface area contributed by atoms with Gasteiger partial charge >= 0.3 is 8.60 Å². The van der Waals surface area contributed by atoms with Gasteiger partial charge in [-0.05, 0) is 24.1 Å². The Morgan fingerprint density at radius 3 is 2.41 bits per heavy atom. The molecule has 17 heavy (non-hydrogen) atoms. The molecule has 0 saturated heterocycles. The predicted molar refractivity (Wildman–Crippen MR) is 64.6 cm³/mol. The maximum absolute atomic E-state index is 11.2. The fraction of sp³-hybridized carbons (Fsp3) is 0.417. The Balaban J connectivity index is 1.91. The first-order chi connectivity index (χ1) is 8.11.